The first-order valence-electron chi connectivity index (χ1n) is 10.1. The van der Waals surface area contributed by atoms with E-state index < -0.39 is 7.82 Å². The summed E-state index contributed by atoms with van der Waals surface area (Å²) in [5.74, 6) is 0. The molecule has 5 N–H and O–H groups in total. The second-order valence-corrected chi connectivity index (χ2v) is 8.90. The lowest BCUT2D eigenvalue weighted by atomic mass is 9.87. The fourth-order valence-electron chi connectivity index (χ4n) is 2.72. The summed E-state index contributed by atoms with van der Waals surface area (Å²) >= 11 is 0. The molecule has 0 aromatic heterocycles. The van der Waals surface area contributed by atoms with E-state index in [0.717, 1.165) is 6.54 Å². The number of phosphoric acid groups is 1. The average molecular weight is 382 g/mol. The summed E-state index contributed by atoms with van der Waals surface area (Å²) in [7, 11) is -4.64. The van der Waals surface area contributed by atoms with Gasteiger partial charge in [0.2, 0.25) is 0 Å². The molecule has 6 heteroatoms. The fourth-order valence-corrected chi connectivity index (χ4v) is 2.72. The summed E-state index contributed by atoms with van der Waals surface area (Å²) in [5.41, 5.74) is 6.11. The molecule has 0 rings (SSSR count). The number of hydrogen-bond acceptors (Lipinski definition) is 2. The van der Waals surface area contributed by atoms with Crippen LogP contribution in [0.5, 0.6) is 0 Å². The SMILES string of the molecule is CCCCCCCCCCCCCCCC(C)(C)CN.O=P(O)(O)O. The van der Waals surface area contributed by atoms with Crippen molar-refractivity contribution in [3.63, 3.8) is 0 Å². The number of nitrogens with two attached hydrogens (primary N) is 1. The Labute approximate surface area is 156 Å². The van der Waals surface area contributed by atoms with Crippen LogP contribution < -0.4 is 5.73 Å². The van der Waals surface area contributed by atoms with Gasteiger partial charge in [-0.25, -0.2) is 4.57 Å². The van der Waals surface area contributed by atoms with E-state index in [1.165, 1.54) is 89.9 Å². The highest BCUT2D eigenvalue weighted by Gasteiger charge is 2.13. The quantitative estimate of drug-likeness (QED) is 0.221. The van der Waals surface area contributed by atoms with E-state index in [1.54, 1.807) is 0 Å². The molecule has 0 radical (unpaired) electrons. The third-order valence-electron chi connectivity index (χ3n) is 4.51. The smallest absolute Gasteiger partial charge is 0.330 e. The molecule has 5 nitrogen and oxygen atoms in total. The Kier molecular flexibility index (Phi) is 19.1. The second kappa shape index (κ2) is 17.5. The molecular weight excluding hydrogens is 337 g/mol. The maximum Gasteiger partial charge on any atom is 0.466 e. The van der Waals surface area contributed by atoms with Gasteiger partial charge < -0.3 is 20.4 Å². The summed E-state index contributed by atoms with van der Waals surface area (Å²) in [4.78, 5) is 21.6. The summed E-state index contributed by atoms with van der Waals surface area (Å²) in [5, 5.41) is 0. The molecular formula is C19H44NO4P. The zero-order valence-corrected chi connectivity index (χ0v) is 17.8. The Morgan fingerprint density at radius 1 is 0.720 bits per heavy atom. The first-order chi connectivity index (χ1) is 11.6. The molecule has 0 bridgehead atoms. The molecule has 154 valence electrons. The third kappa shape index (κ3) is 32.2. The van der Waals surface area contributed by atoms with Gasteiger partial charge in [0, 0.05) is 0 Å². The molecule has 0 aliphatic rings. The topological polar surface area (TPSA) is 104 Å². The number of rotatable bonds is 15. The van der Waals surface area contributed by atoms with Crippen molar-refractivity contribution in [1.82, 2.24) is 0 Å². The first kappa shape index (κ1) is 27.3. The van der Waals surface area contributed by atoms with Gasteiger partial charge in [-0.1, -0.05) is 104 Å². The van der Waals surface area contributed by atoms with Gasteiger partial charge in [0.1, 0.15) is 0 Å². The van der Waals surface area contributed by atoms with Crippen LogP contribution in [0.4, 0.5) is 0 Å². The van der Waals surface area contributed by atoms with Crippen LogP contribution in [0.3, 0.4) is 0 Å². The Morgan fingerprint density at radius 2 is 1.00 bits per heavy atom. The standard InChI is InChI=1S/C19H41N.H3O4P/c1-4-5-6-7-8-9-10-11-12-13-14-15-16-17-19(2,3)18-20;1-5(2,3)4/h4-18,20H2,1-3H3;(H3,1,2,3,4). The van der Waals surface area contributed by atoms with Crippen LogP contribution in [0.15, 0.2) is 0 Å². The van der Waals surface area contributed by atoms with E-state index in [2.05, 4.69) is 20.8 Å². The molecule has 0 aliphatic carbocycles. The Morgan fingerprint density at radius 3 is 1.28 bits per heavy atom. The zero-order chi connectivity index (χ0) is 19.6. The monoisotopic (exact) mass is 381 g/mol. The second-order valence-electron chi connectivity index (χ2n) is 7.87. The minimum atomic E-state index is -4.64. The molecule has 0 heterocycles. The van der Waals surface area contributed by atoms with Crippen molar-refractivity contribution >= 4 is 7.82 Å². The molecule has 0 aromatic rings. The van der Waals surface area contributed by atoms with E-state index in [9.17, 15) is 0 Å². The molecule has 0 unspecified atom stereocenters. The average Bonchev–Trinajstić information content (AvgIpc) is 2.50. The van der Waals surface area contributed by atoms with Gasteiger partial charge in [0.15, 0.2) is 0 Å². The predicted molar refractivity (Wildman–Crippen MR) is 107 cm³/mol. The lowest BCUT2D eigenvalue weighted by Crippen LogP contribution is -2.23. The van der Waals surface area contributed by atoms with Crippen LogP contribution in [0.25, 0.3) is 0 Å². The number of unbranched alkanes of at least 4 members (excludes halogenated alkanes) is 12. The van der Waals surface area contributed by atoms with E-state index in [-0.39, 0.29) is 0 Å². The van der Waals surface area contributed by atoms with Crippen molar-refractivity contribution in [3.8, 4) is 0 Å². The van der Waals surface area contributed by atoms with Gasteiger partial charge >= 0.3 is 7.82 Å². The van der Waals surface area contributed by atoms with Crippen molar-refractivity contribution in [2.24, 2.45) is 11.1 Å². The molecule has 0 amide bonds. The van der Waals surface area contributed by atoms with E-state index in [0.29, 0.717) is 5.41 Å². The van der Waals surface area contributed by atoms with Gasteiger partial charge in [-0.3, -0.25) is 0 Å². The van der Waals surface area contributed by atoms with Gasteiger partial charge in [0.05, 0.1) is 0 Å². The van der Waals surface area contributed by atoms with Crippen LogP contribution in [-0.4, -0.2) is 21.2 Å². The fraction of sp³-hybridized carbons (Fsp3) is 1.00. The zero-order valence-electron chi connectivity index (χ0n) is 16.9. The summed E-state index contributed by atoms with van der Waals surface area (Å²) in [6, 6.07) is 0. The van der Waals surface area contributed by atoms with Crippen molar-refractivity contribution in [2.75, 3.05) is 6.54 Å². The van der Waals surface area contributed by atoms with Crippen LogP contribution in [-0.2, 0) is 4.57 Å². The van der Waals surface area contributed by atoms with Gasteiger partial charge in [-0.05, 0) is 18.4 Å². The maximum absolute atomic E-state index is 8.88. The largest absolute Gasteiger partial charge is 0.466 e. The van der Waals surface area contributed by atoms with E-state index in [1.807, 2.05) is 0 Å². The molecule has 0 saturated heterocycles. The minimum absolute atomic E-state index is 0.359. The van der Waals surface area contributed by atoms with Crippen molar-refractivity contribution < 1.29 is 19.2 Å². The summed E-state index contributed by atoms with van der Waals surface area (Å²) in [6.07, 6.45) is 20.0. The Bertz CT molecular complexity index is 310. The van der Waals surface area contributed by atoms with Gasteiger partial charge in [-0.2, -0.15) is 0 Å². The van der Waals surface area contributed by atoms with E-state index in [4.69, 9.17) is 25.0 Å². The maximum atomic E-state index is 8.88. The lowest BCUT2D eigenvalue weighted by molar-refractivity contribution is 0.275. The van der Waals surface area contributed by atoms with Crippen LogP contribution in [0.1, 0.15) is 111 Å². The van der Waals surface area contributed by atoms with E-state index >= 15 is 0 Å². The highest BCUT2D eigenvalue weighted by molar-refractivity contribution is 7.45. The molecule has 25 heavy (non-hydrogen) atoms. The summed E-state index contributed by atoms with van der Waals surface area (Å²) < 4.78 is 8.88. The number of hydrogen-bond donors (Lipinski definition) is 4. The van der Waals surface area contributed by atoms with Gasteiger partial charge in [0.25, 0.3) is 0 Å². The first-order valence-corrected chi connectivity index (χ1v) is 11.7. The third-order valence-corrected chi connectivity index (χ3v) is 4.51. The molecule has 0 atom stereocenters. The van der Waals surface area contributed by atoms with Crippen LogP contribution in [0.2, 0.25) is 0 Å². The predicted octanol–water partition coefficient (Wildman–Crippen LogP) is 5.52. The van der Waals surface area contributed by atoms with Crippen LogP contribution >= 0.6 is 7.82 Å². The van der Waals surface area contributed by atoms with Crippen molar-refractivity contribution in [3.05, 3.63) is 0 Å². The lowest BCUT2D eigenvalue weighted by Gasteiger charge is -2.21. The van der Waals surface area contributed by atoms with Crippen molar-refractivity contribution in [1.29, 1.82) is 0 Å². The Hall–Kier alpha value is 0.0700. The molecule has 0 fully saturated rings. The summed E-state index contributed by atoms with van der Waals surface area (Å²) in [6.45, 7) is 7.68. The van der Waals surface area contributed by atoms with Gasteiger partial charge in [-0.15, -0.1) is 0 Å². The molecule has 0 aromatic carbocycles. The normalized spacial score (nSPS) is 12.0. The van der Waals surface area contributed by atoms with Crippen LogP contribution in [0, 0.1) is 5.41 Å². The molecule has 0 aliphatic heterocycles. The molecule has 0 spiro atoms. The van der Waals surface area contributed by atoms with Crippen molar-refractivity contribution in [2.45, 2.75) is 111 Å². The molecule has 0 saturated carbocycles. The highest BCUT2D eigenvalue weighted by atomic mass is 31.2. The highest BCUT2D eigenvalue weighted by Crippen LogP contribution is 2.25. The Balaban J connectivity index is 0. The minimum Gasteiger partial charge on any atom is -0.330 e.